The second kappa shape index (κ2) is 7.02. The van der Waals surface area contributed by atoms with E-state index in [2.05, 4.69) is 10.1 Å². The van der Waals surface area contributed by atoms with Gasteiger partial charge in [0.1, 0.15) is 5.56 Å². The summed E-state index contributed by atoms with van der Waals surface area (Å²) < 4.78 is 5.22. The fraction of sp³-hybridized carbons (Fsp3) is 0.412. The number of piperazine rings is 1. The summed E-state index contributed by atoms with van der Waals surface area (Å²) in [7, 11) is 0. The molecule has 1 saturated heterocycles. The Morgan fingerprint density at radius 2 is 2.00 bits per heavy atom. The normalized spacial score (nSPS) is 15.4. The molecule has 0 unspecified atom stereocenters. The number of nitro groups is 1. The van der Waals surface area contributed by atoms with Crippen LogP contribution in [0.15, 0.2) is 28.8 Å². The molecular formula is C17H20N4O4. The van der Waals surface area contributed by atoms with Crippen molar-refractivity contribution in [3.8, 4) is 0 Å². The van der Waals surface area contributed by atoms with Crippen LogP contribution in [0.1, 0.15) is 27.4 Å². The first-order valence-electron chi connectivity index (χ1n) is 8.13. The van der Waals surface area contributed by atoms with Crippen LogP contribution in [0.4, 0.5) is 5.69 Å². The highest BCUT2D eigenvalue weighted by Crippen LogP contribution is 2.25. The van der Waals surface area contributed by atoms with E-state index in [-0.39, 0.29) is 17.2 Å². The Hall–Kier alpha value is -2.74. The van der Waals surface area contributed by atoms with Gasteiger partial charge in [0.15, 0.2) is 5.76 Å². The smallest absolute Gasteiger partial charge is 0.285 e. The second-order valence-corrected chi connectivity index (χ2v) is 6.23. The van der Waals surface area contributed by atoms with Gasteiger partial charge in [-0.3, -0.25) is 19.8 Å². The number of aromatic nitrogens is 1. The summed E-state index contributed by atoms with van der Waals surface area (Å²) in [5.41, 5.74) is 1.39. The summed E-state index contributed by atoms with van der Waals surface area (Å²) in [5, 5.41) is 15.2. The maximum Gasteiger partial charge on any atom is 0.285 e. The topological polar surface area (TPSA) is 92.7 Å². The van der Waals surface area contributed by atoms with E-state index in [1.165, 1.54) is 6.07 Å². The van der Waals surface area contributed by atoms with Gasteiger partial charge >= 0.3 is 0 Å². The Labute approximate surface area is 145 Å². The van der Waals surface area contributed by atoms with Crippen molar-refractivity contribution in [1.29, 1.82) is 0 Å². The zero-order valence-corrected chi connectivity index (χ0v) is 14.3. The van der Waals surface area contributed by atoms with Crippen LogP contribution < -0.4 is 0 Å². The molecule has 8 nitrogen and oxygen atoms in total. The highest BCUT2D eigenvalue weighted by Gasteiger charge is 2.28. The summed E-state index contributed by atoms with van der Waals surface area (Å²) in [4.78, 5) is 27.4. The number of aryl methyl sites for hydroxylation is 2. The molecule has 0 aliphatic carbocycles. The van der Waals surface area contributed by atoms with E-state index in [9.17, 15) is 14.9 Å². The fourth-order valence-electron chi connectivity index (χ4n) is 3.06. The second-order valence-electron chi connectivity index (χ2n) is 6.23. The number of hydrogen-bond acceptors (Lipinski definition) is 6. The van der Waals surface area contributed by atoms with E-state index >= 15 is 0 Å². The van der Waals surface area contributed by atoms with Gasteiger partial charge in [-0.1, -0.05) is 17.3 Å². The lowest BCUT2D eigenvalue weighted by Crippen LogP contribution is -2.48. The molecule has 1 aliphatic heterocycles. The van der Waals surface area contributed by atoms with Crippen LogP contribution in [0.5, 0.6) is 0 Å². The van der Waals surface area contributed by atoms with Crippen molar-refractivity contribution >= 4 is 11.6 Å². The van der Waals surface area contributed by atoms with Gasteiger partial charge in [0.2, 0.25) is 0 Å². The Kier molecular flexibility index (Phi) is 4.80. The summed E-state index contributed by atoms with van der Waals surface area (Å²) in [6.45, 7) is 6.59. The molecule has 2 aromatic rings. The number of nitrogens with zero attached hydrogens (tertiary/aromatic N) is 4. The van der Waals surface area contributed by atoms with Crippen molar-refractivity contribution in [1.82, 2.24) is 15.0 Å². The number of carbonyl (C=O) groups excluding carboxylic acids is 1. The molecule has 1 aliphatic rings. The number of hydrogen-bond donors (Lipinski definition) is 0. The van der Waals surface area contributed by atoms with Crippen LogP contribution in [-0.2, 0) is 6.54 Å². The van der Waals surface area contributed by atoms with Crippen molar-refractivity contribution < 1.29 is 14.2 Å². The van der Waals surface area contributed by atoms with Gasteiger partial charge in [-0.15, -0.1) is 0 Å². The van der Waals surface area contributed by atoms with Crippen LogP contribution >= 0.6 is 0 Å². The average molecular weight is 344 g/mol. The molecule has 0 spiro atoms. The lowest BCUT2D eigenvalue weighted by molar-refractivity contribution is -0.385. The molecule has 1 amide bonds. The zero-order chi connectivity index (χ0) is 18.0. The lowest BCUT2D eigenvalue weighted by atomic mass is 10.1. The van der Waals surface area contributed by atoms with Gasteiger partial charge in [-0.2, -0.15) is 0 Å². The molecule has 0 saturated carbocycles. The average Bonchev–Trinajstić information content (AvgIpc) is 2.99. The minimum Gasteiger partial charge on any atom is -0.360 e. The summed E-state index contributed by atoms with van der Waals surface area (Å²) >= 11 is 0. The minimum atomic E-state index is -0.481. The van der Waals surface area contributed by atoms with E-state index in [1.54, 1.807) is 24.0 Å². The van der Waals surface area contributed by atoms with Crippen LogP contribution in [-0.4, -0.2) is 52.0 Å². The van der Waals surface area contributed by atoms with Gasteiger partial charge in [0, 0.05) is 37.8 Å². The molecule has 8 heteroatoms. The molecule has 1 aromatic heterocycles. The van der Waals surface area contributed by atoms with Crippen LogP contribution in [0, 0.1) is 24.0 Å². The SMILES string of the molecule is Cc1cc(CN2CCN(C(=O)c3cccc(C)c3[N+](=O)[O-])CC2)on1. The molecule has 0 N–H and O–H groups in total. The van der Waals surface area contributed by atoms with Crippen molar-refractivity contribution in [2.75, 3.05) is 26.2 Å². The summed E-state index contributed by atoms with van der Waals surface area (Å²) in [6.07, 6.45) is 0. The third-order valence-corrected chi connectivity index (χ3v) is 4.37. The van der Waals surface area contributed by atoms with E-state index in [4.69, 9.17) is 4.52 Å². The van der Waals surface area contributed by atoms with Gasteiger partial charge in [-0.25, -0.2) is 0 Å². The van der Waals surface area contributed by atoms with E-state index in [0.717, 1.165) is 11.5 Å². The van der Waals surface area contributed by atoms with Crippen molar-refractivity contribution in [3.05, 3.63) is 57.0 Å². The molecule has 25 heavy (non-hydrogen) atoms. The highest BCUT2D eigenvalue weighted by atomic mass is 16.6. The molecule has 3 rings (SSSR count). The Balaban J connectivity index is 1.66. The number of rotatable bonds is 4. The number of para-hydroxylation sites is 1. The van der Waals surface area contributed by atoms with Crippen molar-refractivity contribution in [2.45, 2.75) is 20.4 Å². The largest absolute Gasteiger partial charge is 0.360 e. The van der Waals surface area contributed by atoms with E-state index < -0.39 is 4.92 Å². The third kappa shape index (κ3) is 3.69. The first kappa shape index (κ1) is 17.1. The monoisotopic (exact) mass is 344 g/mol. The maximum absolute atomic E-state index is 12.7. The van der Waals surface area contributed by atoms with Gasteiger partial charge in [0.05, 0.1) is 17.2 Å². The predicted octanol–water partition coefficient (Wildman–Crippen LogP) is 2.16. The zero-order valence-electron chi connectivity index (χ0n) is 14.3. The van der Waals surface area contributed by atoms with Crippen molar-refractivity contribution in [3.63, 3.8) is 0 Å². The third-order valence-electron chi connectivity index (χ3n) is 4.37. The first-order valence-corrected chi connectivity index (χ1v) is 8.13. The molecule has 2 heterocycles. The predicted molar refractivity (Wildman–Crippen MR) is 90.3 cm³/mol. The number of nitro benzene ring substituents is 1. The Morgan fingerprint density at radius 3 is 2.60 bits per heavy atom. The first-order chi connectivity index (χ1) is 12.0. The molecule has 1 aromatic carbocycles. The van der Waals surface area contributed by atoms with Crippen molar-refractivity contribution in [2.24, 2.45) is 0 Å². The van der Waals surface area contributed by atoms with E-state index in [1.807, 2.05) is 13.0 Å². The van der Waals surface area contributed by atoms with Crippen LogP contribution in [0.25, 0.3) is 0 Å². The highest BCUT2D eigenvalue weighted by molar-refractivity contribution is 5.98. The molecule has 132 valence electrons. The maximum atomic E-state index is 12.7. The number of benzene rings is 1. The van der Waals surface area contributed by atoms with E-state index in [0.29, 0.717) is 38.3 Å². The molecule has 1 fully saturated rings. The molecular weight excluding hydrogens is 324 g/mol. The molecule has 0 bridgehead atoms. The number of amides is 1. The summed E-state index contributed by atoms with van der Waals surface area (Å²) in [6, 6.07) is 6.75. The van der Waals surface area contributed by atoms with Gasteiger partial charge < -0.3 is 9.42 Å². The summed E-state index contributed by atoms with van der Waals surface area (Å²) in [5.74, 6) is 0.511. The van der Waals surface area contributed by atoms with Gasteiger partial charge in [0.25, 0.3) is 11.6 Å². The Morgan fingerprint density at radius 1 is 1.28 bits per heavy atom. The fourth-order valence-corrected chi connectivity index (χ4v) is 3.06. The lowest BCUT2D eigenvalue weighted by Gasteiger charge is -2.34. The van der Waals surface area contributed by atoms with Gasteiger partial charge in [-0.05, 0) is 19.9 Å². The van der Waals surface area contributed by atoms with Crippen LogP contribution in [0.2, 0.25) is 0 Å². The quantitative estimate of drug-likeness (QED) is 0.623. The van der Waals surface area contributed by atoms with Crippen LogP contribution in [0.3, 0.4) is 0 Å². The number of carbonyl (C=O) groups is 1. The molecule has 0 atom stereocenters. The minimum absolute atomic E-state index is 0.105. The standard InChI is InChI=1S/C17H20N4O4/c1-12-4-3-5-15(16(12)21(23)24)17(22)20-8-6-19(7-9-20)11-14-10-13(2)18-25-14/h3-5,10H,6-9,11H2,1-2H3. The Bertz CT molecular complexity index is 794. The molecule has 0 radical (unpaired) electrons.